The molecule has 18 heavy (non-hydrogen) atoms. The highest BCUT2D eigenvalue weighted by atomic mass is 16.5. The maximum absolute atomic E-state index is 6.38. The molecule has 0 bridgehead atoms. The molecular weight excluding hydrogens is 222 g/mol. The van der Waals surface area contributed by atoms with Crippen LogP contribution in [0.4, 0.5) is 0 Å². The Morgan fingerprint density at radius 3 is 2.33 bits per heavy atom. The van der Waals surface area contributed by atoms with Crippen LogP contribution in [-0.4, -0.2) is 24.8 Å². The summed E-state index contributed by atoms with van der Waals surface area (Å²) in [5.74, 6) is 2.39. The Bertz CT molecular complexity index is 252. The molecule has 1 aliphatic carbocycles. The van der Waals surface area contributed by atoms with Crippen molar-refractivity contribution in [1.29, 1.82) is 0 Å². The van der Waals surface area contributed by atoms with E-state index in [4.69, 9.17) is 4.74 Å². The highest BCUT2D eigenvalue weighted by molar-refractivity contribution is 5.02. The van der Waals surface area contributed by atoms with Crippen molar-refractivity contribution in [3.8, 4) is 0 Å². The van der Waals surface area contributed by atoms with Crippen LogP contribution in [-0.2, 0) is 4.74 Å². The highest BCUT2D eigenvalue weighted by Crippen LogP contribution is 2.44. The van der Waals surface area contributed by atoms with Gasteiger partial charge in [-0.3, -0.25) is 0 Å². The minimum Gasteiger partial charge on any atom is -0.372 e. The zero-order valence-electron chi connectivity index (χ0n) is 12.7. The van der Waals surface area contributed by atoms with Crippen molar-refractivity contribution in [3.63, 3.8) is 0 Å². The van der Waals surface area contributed by atoms with Crippen LogP contribution in [0.5, 0.6) is 0 Å². The zero-order valence-corrected chi connectivity index (χ0v) is 12.7. The van der Waals surface area contributed by atoms with Gasteiger partial charge >= 0.3 is 0 Å². The molecular formula is C16H31NO. The molecule has 3 atom stereocenters. The number of nitrogens with one attached hydrogen (secondary N) is 1. The molecule has 1 N–H and O–H groups in total. The van der Waals surface area contributed by atoms with Gasteiger partial charge in [-0.25, -0.2) is 0 Å². The molecule has 3 unspecified atom stereocenters. The molecule has 1 saturated carbocycles. The second-order valence-electron chi connectivity index (χ2n) is 6.78. The molecule has 1 aliphatic heterocycles. The smallest absolute Gasteiger partial charge is 0.0843 e. The van der Waals surface area contributed by atoms with E-state index in [1.54, 1.807) is 0 Å². The summed E-state index contributed by atoms with van der Waals surface area (Å²) in [7, 11) is 0. The van der Waals surface area contributed by atoms with Crippen LogP contribution in [0.3, 0.4) is 0 Å². The maximum Gasteiger partial charge on any atom is 0.0843 e. The topological polar surface area (TPSA) is 21.3 Å². The van der Waals surface area contributed by atoms with Gasteiger partial charge in [0.25, 0.3) is 0 Å². The van der Waals surface area contributed by atoms with Crippen LogP contribution in [0.15, 0.2) is 0 Å². The maximum atomic E-state index is 6.38. The minimum atomic E-state index is 0.131. The van der Waals surface area contributed by atoms with Gasteiger partial charge in [-0.05, 0) is 37.0 Å². The molecule has 2 nitrogen and oxygen atoms in total. The predicted molar refractivity (Wildman–Crippen MR) is 76.7 cm³/mol. The van der Waals surface area contributed by atoms with Crippen LogP contribution < -0.4 is 5.32 Å². The molecule has 0 radical (unpaired) electrons. The van der Waals surface area contributed by atoms with E-state index in [2.05, 4.69) is 33.0 Å². The second kappa shape index (κ2) is 5.92. The Kier molecular flexibility index (Phi) is 4.71. The average molecular weight is 253 g/mol. The van der Waals surface area contributed by atoms with Crippen LogP contribution in [0.1, 0.15) is 59.8 Å². The van der Waals surface area contributed by atoms with E-state index in [0.29, 0.717) is 6.04 Å². The Morgan fingerprint density at radius 1 is 1.17 bits per heavy atom. The van der Waals surface area contributed by atoms with E-state index in [1.807, 2.05) is 0 Å². The molecule has 2 rings (SSSR count). The van der Waals surface area contributed by atoms with E-state index in [1.165, 1.54) is 32.1 Å². The third-order valence-corrected chi connectivity index (χ3v) is 5.14. The van der Waals surface area contributed by atoms with Gasteiger partial charge in [-0.2, -0.15) is 0 Å². The van der Waals surface area contributed by atoms with Crippen molar-refractivity contribution in [1.82, 2.24) is 5.32 Å². The Morgan fingerprint density at radius 2 is 1.78 bits per heavy atom. The molecule has 0 aromatic carbocycles. The minimum absolute atomic E-state index is 0.131. The number of ether oxygens (including phenoxy) is 1. The molecule has 1 spiro atoms. The van der Waals surface area contributed by atoms with E-state index >= 15 is 0 Å². The van der Waals surface area contributed by atoms with Crippen molar-refractivity contribution >= 4 is 0 Å². The summed E-state index contributed by atoms with van der Waals surface area (Å²) >= 11 is 0. The Hall–Kier alpha value is -0.0800. The zero-order chi connectivity index (χ0) is 13.2. The first kappa shape index (κ1) is 14.3. The third-order valence-electron chi connectivity index (χ3n) is 5.14. The van der Waals surface area contributed by atoms with Crippen molar-refractivity contribution in [2.45, 2.75) is 71.4 Å². The number of morpholine rings is 1. The molecule has 0 amide bonds. The summed E-state index contributed by atoms with van der Waals surface area (Å²) in [5.41, 5.74) is 0.131. The number of hydrogen-bond acceptors (Lipinski definition) is 2. The van der Waals surface area contributed by atoms with Crippen LogP contribution in [0.2, 0.25) is 0 Å². The molecule has 2 fully saturated rings. The Balaban J connectivity index is 2.19. The number of hydrogen-bond donors (Lipinski definition) is 1. The van der Waals surface area contributed by atoms with Crippen LogP contribution in [0.25, 0.3) is 0 Å². The predicted octanol–water partition coefficient (Wildman–Crippen LogP) is 3.61. The summed E-state index contributed by atoms with van der Waals surface area (Å²) in [5, 5.41) is 3.80. The van der Waals surface area contributed by atoms with Crippen molar-refractivity contribution in [2.24, 2.45) is 17.8 Å². The lowest BCUT2D eigenvalue weighted by molar-refractivity contribution is -0.148. The van der Waals surface area contributed by atoms with E-state index in [9.17, 15) is 0 Å². The summed E-state index contributed by atoms with van der Waals surface area (Å²) < 4.78 is 6.38. The first-order valence-electron chi connectivity index (χ1n) is 7.98. The molecule has 1 heterocycles. The summed E-state index contributed by atoms with van der Waals surface area (Å²) in [6.45, 7) is 11.4. The highest BCUT2D eigenvalue weighted by Gasteiger charge is 2.48. The molecule has 2 aliphatic rings. The van der Waals surface area contributed by atoms with E-state index < -0.39 is 0 Å². The monoisotopic (exact) mass is 253 g/mol. The lowest BCUT2D eigenvalue weighted by atomic mass is 9.66. The standard InChI is InChI=1S/C16H31NO/c1-5-14(6-2)15-16(18-8-7-17-15)10-12(3)9-13(4)11-16/h12-15,17H,5-11H2,1-4H3. The van der Waals surface area contributed by atoms with Gasteiger partial charge in [0.15, 0.2) is 0 Å². The summed E-state index contributed by atoms with van der Waals surface area (Å²) in [6.07, 6.45) is 6.42. The van der Waals surface area contributed by atoms with Gasteiger partial charge in [0.05, 0.1) is 12.2 Å². The van der Waals surface area contributed by atoms with Gasteiger partial charge in [0.2, 0.25) is 0 Å². The average Bonchev–Trinajstić information content (AvgIpc) is 2.31. The summed E-state index contributed by atoms with van der Waals surface area (Å²) in [6, 6.07) is 0.575. The van der Waals surface area contributed by atoms with Crippen molar-refractivity contribution < 1.29 is 4.74 Å². The second-order valence-corrected chi connectivity index (χ2v) is 6.78. The fraction of sp³-hybridized carbons (Fsp3) is 1.00. The lowest BCUT2D eigenvalue weighted by Crippen LogP contribution is -2.63. The summed E-state index contributed by atoms with van der Waals surface area (Å²) in [4.78, 5) is 0. The molecule has 0 aromatic rings. The van der Waals surface area contributed by atoms with Crippen LogP contribution >= 0.6 is 0 Å². The van der Waals surface area contributed by atoms with Gasteiger partial charge in [0, 0.05) is 12.6 Å². The largest absolute Gasteiger partial charge is 0.372 e. The first-order chi connectivity index (χ1) is 8.61. The first-order valence-corrected chi connectivity index (χ1v) is 7.98. The van der Waals surface area contributed by atoms with Gasteiger partial charge < -0.3 is 10.1 Å². The third kappa shape index (κ3) is 2.75. The quantitative estimate of drug-likeness (QED) is 0.829. The van der Waals surface area contributed by atoms with Gasteiger partial charge in [-0.1, -0.05) is 40.5 Å². The Labute approximate surface area is 113 Å². The molecule has 2 heteroatoms. The normalized spacial score (nSPS) is 41.5. The number of rotatable bonds is 3. The van der Waals surface area contributed by atoms with Gasteiger partial charge in [0.1, 0.15) is 0 Å². The fourth-order valence-electron chi connectivity index (χ4n) is 4.59. The van der Waals surface area contributed by atoms with E-state index in [0.717, 1.165) is 30.9 Å². The molecule has 0 aromatic heterocycles. The van der Waals surface area contributed by atoms with Crippen molar-refractivity contribution in [2.75, 3.05) is 13.2 Å². The fourth-order valence-corrected chi connectivity index (χ4v) is 4.59. The molecule has 106 valence electrons. The van der Waals surface area contributed by atoms with Crippen molar-refractivity contribution in [3.05, 3.63) is 0 Å². The van der Waals surface area contributed by atoms with E-state index in [-0.39, 0.29) is 5.60 Å². The molecule has 1 saturated heterocycles. The lowest BCUT2D eigenvalue weighted by Gasteiger charge is -2.52. The van der Waals surface area contributed by atoms with Gasteiger partial charge in [-0.15, -0.1) is 0 Å². The SMILES string of the molecule is CCC(CC)C1NCCOC12CC(C)CC(C)C2. The van der Waals surface area contributed by atoms with Crippen LogP contribution in [0, 0.1) is 17.8 Å².